The summed E-state index contributed by atoms with van der Waals surface area (Å²) in [5, 5.41) is 15.0. The minimum absolute atomic E-state index is 0.0922. The average Bonchev–Trinajstić information content (AvgIpc) is 3.52. The molecule has 1 N–H and O–H groups in total. The minimum Gasteiger partial charge on any atom is -0.273 e. The highest BCUT2D eigenvalue weighted by Gasteiger charge is 2.33. The first kappa shape index (κ1) is 22.1. The average molecular weight is 475 g/mol. The lowest BCUT2D eigenvalue weighted by molar-refractivity contribution is -0.141. The predicted molar refractivity (Wildman–Crippen MR) is 118 cm³/mol. The van der Waals surface area contributed by atoms with Crippen LogP contribution < -0.4 is 0 Å². The predicted octanol–water partition coefficient (Wildman–Crippen LogP) is 4.21. The van der Waals surface area contributed by atoms with E-state index < -0.39 is 17.3 Å². The molecular formula is C23H16F3N9. The summed E-state index contributed by atoms with van der Waals surface area (Å²) in [6.45, 7) is 3.83. The Labute approximate surface area is 196 Å². The molecule has 0 bridgehead atoms. The Kier molecular flexibility index (Phi) is 5.05. The molecule has 12 heteroatoms. The van der Waals surface area contributed by atoms with Crippen molar-refractivity contribution in [1.82, 2.24) is 39.7 Å². The van der Waals surface area contributed by atoms with E-state index in [1.54, 1.807) is 28.8 Å². The zero-order chi connectivity index (χ0) is 24.8. The van der Waals surface area contributed by atoms with E-state index in [0.29, 0.717) is 34.1 Å². The molecule has 35 heavy (non-hydrogen) atoms. The fourth-order valence-corrected chi connectivity index (χ4v) is 3.64. The van der Waals surface area contributed by atoms with Crippen LogP contribution in [0, 0.1) is 11.3 Å². The summed E-state index contributed by atoms with van der Waals surface area (Å²) in [6, 6.07) is 13.5. The molecule has 0 aliphatic heterocycles. The van der Waals surface area contributed by atoms with Crippen LogP contribution in [-0.4, -0.2) is 39.7 Å². The third kappa shape index (κ3) is 3.86. The van der Waals surface area contributed by atoms with E-state index in [0.717, 1.165) is 6.07 Å². The number of nitrogens with one attached hydrogen (secondary N) is 1. The van der Waals surface area contributed by atoms with Crippen LogP contribution in [0.15, 0.2) is 55.1 Å². The second kappa shape index (κ2) is 7.98. The SMILES string of the molecule is CC(C)(c1cccc(-c2cc(C(F)(F)F)[nH]n2)n1)c1cccc(-n2cnc3c(C#N)ncnc32)n1. The summed E-state index contributed by atoms with van der Waals surface area (Å²) in [5.41, 5.74) is 0.983. The molecule has 9 nitrogen and oxygen atoms in total. The summed E-state index contributed by atoms with van der Waals surface area (Å²) in [4.78, 5) is 21.8. The van der Waals surface area contributed by atoms with Crippen LogP contribution in [0.4, 0.5) is 13.2 Å². The molecule has 0 aliphatic rings. The number of H-pyrrole nitrogens is 1. The molecule has 0 radical (unpaired) electrons. The highest BCUT2D eigenvalue weighted by molar-refractivity contribution is 5.77. The number of nitriles is 1. The number of imidazole rings is 1. The Balaban J connectivity index is 1.53. The van der Waals surface area contributed by atoms with Gasteiger partial charge in [0.15, 0.2) is 11.3 Å². The minimum atomic E-state index is -4.52. The van der Waals surface area contributed by atoms with Crippen molar-refractivity contribution in [1.29, 1.82) is 5.26 Å². The molecule has 174 valence electrons. The van der Waals surface area contributed by atoms with Crippen molar-refractivity contribution in [2.75, 3.05) is 0 Å². The zero-order valence-corrected chi connectivity index (χ0v) is 18.4. The zero-order valence-electron chi connectivity index (χ0n) is 18.4. The van der Waals surface area contributed by atoms with Gasteiger partial charge < -0.3 is 0 Å². The van der Waals surface area contributed by atoms with Crippen LogP contribution in [-0.2, 0) is 11.6 Å². The Hall–Kier alpha value is -4.66. The van der Waals surface area contributed by atoms with Crippen molar-refractivity contribution in [3.05, 3.63) is 77.9 Å². The number of aromatic nitrogens is 8. The van der Waals surface area contributed by atoms with Crippen molar-refractivity contribution in [3.8, 4) is 23.3 Å². The topological polar surface area (TPSA) is 122 Å². The van der Waals surface area contributed by atoms with Crippen molar-refractivity contribution >= 4 is 11.2 Å². The fraction of sp³-hybridized carbons (Fsp3) is 0.174. The van der Waals surface area contributed by atoms with Gasteiger partial charge in [-0.3, -0.25) is 14.6 Å². The highest BCUT2D eigenvalue weighted by Crippen LogP contribution is 2.33. The molecular weight excluding hydrogens is 459 g/mol. The molecule has 0 atom stereocenters. The molecule has 5 rings (SSSR count). The molecule has 0 unspecified atom stereocenters. The third-order valence-corrected chi connectivity index (χ3v) is 5.60. The van der Waals surface area contributed by atoms with Gasteiger partial charge in [-0.25, -0.2) is 19.9 Å². The summed E-state index contributed by atoms with van der Waals surface area (Å²) in [7, 11) is 0. The number of halogens is 3. The van der Waals surface area contributed by atoms with E-state index in [1.165, 1.54) is 12.7 Å². The van der Waals surface area contributed by atoms with E-state index in [1.807, 2.05) is 37.1 Å². The first-order valence-corrected chi connectivity index (χ1v) is 10.3. The van der Waals surface area contributed by atoms with Crippen LogP contribution in [0.5, 0.6) is 0 Å². The second-order valence-corrected chi connectivity index (χ2v) is 8.20. The first-order valence-electron chi connectivity index (χ1n) is 10.3. The van der Waals surface area contributed by atoms with E-state index in [-0.39, 0.29) is 11.4 Å². The lowest BCUT2D eigenvalue weighted by Gasteiger charge is -2.24. The lowest BCUT2D eigenvalue weighted by atomic mass is 9.84. The maximum absolute atomic E-state index is 13.0. The molecule has 0 saturated heterocycles. The molecule has 0 fully saturated rings. The lowest BCUT2D eigenvalue weighted by Crippen LogP contribution is -2.23. The normalized spacial score (nSPS) is 12.1. The van der Waals surface area contributed by atoms with Gasteiger partial charge in [-0.2, -0.15) is 23.5 Å². The van der Waals surface area contributed by atoms with Gasteiger partial charge in [0, 0.05) is 5.41 Å². The molecule has 5 aromatic rings. The Bertz CT molecular complexity index is 1590. The summed E-state index contributed by atoms with van der Waals surface area (Å²) in [5.74, 6) is 0.527. The molecule has 5 heterocycles. The van der Waals surface area contributed by atoms with E-state index >= 15 is 0 Å². The van der Waals surface area contributed by atoms with Gasteiger partial charge in [0.25, 0.3) is 0 Å². The summed E-state index contributed by atoms with van der Waals surface area (Å²) < 4.78 is 40.6. The molecule has 0 saturated carbocycles. The second-order valence-electron chi connectivity index (χ2n) is 8.20. The van der Waals surface area contributed by atoms with Crippen molar-refractivity contribution in [2.45, 2.75) is 25.4 Å². The summed E-state index contributed by atoms with van der Waals surface area (Å²) >= 11 is 0. The quantitative estimate of drug-likeness (QED) is 0.413. The Morgan fingerprint density at radius 3 is 2.40 bits per heavy atom. The molecule has 0 aliphatic carbocycles. The molecule has 0 spiro atoms. The number of nitrogens with zero attached hydrogens (tertiary/aromatic N) is 8. The van der Waals surface area contributed by atoms with Gasteiger partial charge in [0.1, 0.15) is 41.4 Å². The van der Waals surface area contributed by atoms with Gasteiger partial charge in [-0.15, -0.1) is 0 Å². The van der Waals surface area contributed by atoms with Crippen LogP contribution in [0.25, 0.3) is 28.4 Å². The van der Waals surface area contributed by atoms with Crippen LogP contribution in [0.1, 0.15) is 36.6 Å². The highest BCUT2D eigenvalue weighted by atomic mass is 19.4. The fourth-order valence-electron chi connectivity index (χ4n) is 3.64. The Morgan fingerprint density at radius 1 is 0.943 bits per heavy atom. The van der Waals surface area contributed by atoms with Gasteiger partial charge >= 0.3 is 6.18 Å². The van der Waals surface area contributed by atoms with E-state index in [2.05, 4.69) is 25.0 Å². The van der Waals surface area contributed by atoms with Gasteiger partial charge in [0.2, 0.25) is 0 Å². The maximum Gasteiger partial charge on any atom is 0.432 e. The van der Waals surface area contributed by atoms with Crippen molar-refractivity contribution in [3.63, 3.8) is 0 Å². The number of aromatic amines is 1. The largest absolute Gasteiger partial charge is 0.432 e. The van der Waals surface area contributed by atoms with Gasteiger partial charge in [0.05, 0.1) is 17.1 Å². The van der Waals surface area contributed by atoms with Gasteiger partial charge in [-0.05, 0) is 44.2 Å². The van der Waals surface area contributed by atoms with Gasteiger partial charge in [-0.1, -0.05) is 12.1 Å². The maximum atomic E-state index is 13.0. The standard InChI is InChI=1S/C23H16F3N9/c1-22(2,16-6-3-5-13(31-16)14-9-18(34-33-14)23(24,25)26)17-7-4-8-19(32-17)35-12-30-20-15(10-27)28-11-29-21(20)35/h3-9,11-12H,1-2H3,(H,33,34). The van der Waals surface area contributed by atoms with E-state index in [9.17, 15) is 18.4 Å². The van der Waals surface area contributed by atoms with Crippen LogP contribution >= 0.6 is 0 Å². The third-order valence-electron chi connectivity index (χ3n) is 5.60. The molecule has 0 aromatic carbocycles. The number of hydrogen-bond donors (Lipinski definition) is 1. The first-order chi connectivity index (χ1) is 16.7. The molecule has 0 amide bonds. The number of rotatable bonds is 4. The smallest absolute Gasteiger partial charge is 0.273 e. The number of alkyl halides is 3. The summed E-state index contributed by atoms with van der Waals surface area (Å²) in [6.07, 6.45) is -1.71. The Morgan fingerprint density at radius 2 is 1.69 bits per heavy atom. The monoisotopic (exact) mass is 475 g/mol. The van der Waals surface area contributed by atoms with Crippen molar-refractivity contribution in [2.24, 2.45) is 0 Å². The number of pyridine rings is 2. The van der Waals surface area contributed by atoms with E-state index in [4.69, 9.17) is 4.98 Å². The van der Waals surface area contributed by atoms with Crippen LogP contribution in [0.3, 0.4) is 0 Å². The number of hydrogen-bond acceptors (Lipinski definition) is 7. The van der Waals surface area contributed by atoms with Crippen molar-refractivity contribution < 1.29 is 13.2 Å². The number of fused-ring (bicyclic) bond motifs is 1. The van der Waals surface area contributed by atoms with Crippen LogP contribution in [0.2, 0.25) is 0 Å². The molecule has 5 aromatic heterocycles.